The summed E-state index contributed by atoms with van der Waals surface area (Å²) in [6, 6.07) is 13.3. The predicted molar refractivity (Wildman–Crippen MR) is 119 cm³/mol. The molecule has 33 heavy (non-hydrogen) atoms. The van der Waals surface area contributed by atoms with E-state index in [9.17, 15) is 19.7 Å². The van der Waals surface area contributed by atoms with Gasteiger partial charge in [-0.2, -0.15) is 5.01 Å². The van der Waals surface area contributed by atoms with E-state index in [2.05, 4.69) is 26.0 Å². The quantitative estimate of drug-likeness (QED) is 0.218. The Hall–Kier alpha value is -4.12. The van der Waals surface area contributed by atoms with Crippen molar-refractivity contribution in [1.29, 1.82) is 0 Å². The Balaban J connectivity index is 1.48. The van der Waals surface area contributed by atoms with Crippen LogP contribution in [-0.4, -0.2) is 32.7 Å². The number of hydrazone groups is 1. The molecular formula is C22H15BrN4O6. The van der Waals surface area contributed by atoms with Gasteiger partial charge in [-0.1, -0.05) is 0 Å². The monoisotopic (exact) mass is 510 g/mol. The smallest absolute Gasteiger partial charge is 0.343 e. The lowest BCUT2D eigenvalue weighted by molar-refractivity contribution is -0.384. The highest BCUT2D eigenvalue weighted by Gasteiger charge is 2.33. The average Bonchev–Trinajstić information content (AvgIpc) is 3.26. The van der Waals surface area contributed by atoms with Crippen LogP contribution in [0.15, 0.2) is 76.6 Å². The van der Waals surface area contributed by atoms with Gasteiger partial charge in [-0.05, 0) is 58.4 Å². The summed E-state index contributed by atoms with van der Waals surface area (Å²) in [6.07, 6.45) is 2.40. The molecule has 0 saturated carbocycles. The van der Waals surface area contributed by atoms with Crippen molar-refractivity contribution < 1.29 is 24.0 Å². The molecule has 0 N–H and O–H groups in total. The molecule has 1 aliphatic heterocycles. The Kier molecular flexibility index (Phi) is 6.13. The van der Waals surface area contributed by atoms with E-state index in [1.807, 2.05) is 0 Å². The minimum atomic E-state index is -0.795. The number of amides is 1. The molecule has 0 saturated heterocycles. The number of nitrogens with zero attached hydrogens (tertiary/aromatic N) is 4. The van der Waals surface area contributed by atoms with Crippen LogP contribution >= 0.6 is 15.9 Å². The van der Waals surface area contributed by atoms with Gasteiger partial charge in [0, 0.05) is 41.5 Å². The lowest BCUT2D eigenvalue weighted by Crippen LogP contribution is -2.25. The van der Waals surface area contributed by atoms with Crippen molar-refractivity contribution >= 4 is 39.4 Å². The topological polar surface area (TPSA) is 124 Å². The van der Waals surface area contributed by atoms with E-state index < -0.39 is 17.1 Å². The first-order chi connectivity index (χ1) is 15.8. The third-order valence-corrected chi connectivity index (χ3v) is 5.04. The summed E-state index contributed by atoms with van der Waals surface area (Å²) < 4.78 is 12.0. The first kappa shape index (κ1) is 22.1. The summed E-state index contributed by atoms with van der Waals surface area (Å²) in [5.41, 5.74) is 1.27. The third kappa shape index (κ3) is 4.88. The maximum absolute atomic E-state index is 12.3. The fourth-order valence-electron chi connectivity index (χ4n) is 3.01. The summed E-state index contributed by atoms with van der Waals surface area (Å²) in [4.78, 5) is 38.7. The predicted octanol–water partition coefficient (Wildman–Crippen LogP) is 4.21. The molecule has 4 rings (SSSR count). The maximum atomic E-state index is 12.3. The van der Waals surface area contributed by atoms with Crippen LogP contribution in [0.3, 0.4) is 0 Å². The highest BCUT2D eigenvalue weighted by atomic mass is 79.9. The van der Waals surface area contributed by atoms with E-state index in [-0.39, 0.29) is 28.8 Å². The molecule has 1 aromatic heterocycles. The van der Waals surface area contributed by atoms with Gasteiger partial charge in [-0.25, -0.2) is 4.79 Å². The second-order valence-electron chi connectivity index (χ2n) is 6.89. The van der Waals surface area contributed by atoms with Gasteiger partial charge in [0.2, 0.25) is 18.0 Å². The largest absolute Gasteiger partial charge is 0.446 e. The highest BCUT2D eigenvalue weighted by molar-refractivity contribution is 9.10. The first-order valence-corrected chi connectivity index (χ1v) is 10.3. The van der Waals surface area contributed by atoms with E-state index in [1.54, 1.807) is 42.7 Å². The van der Waals surface area contributed by atoms with E-state index in [0.29, 0.717) is 11.1 Å². The Labute approximate surface area is 195 Å². The van der Waals surface area contributed by atoms with Crippen LogP contribution in [0.5, 0.6) is 5.75 Å². The average molecular weight is 511 g/mol. The Morgan fingerprint density at radius 2 is 1.82 bits per heavy atom. The number of hydrogen-bond donors (Lipinski definition) is 0. The summed E-state index contributed by atoms with van der Waals surface area (Å²) in [5.74, 6) is -0.469. The SMILES string of the molecule is CC(=O)N1N=C(c2cncc(Br)c2)O[C@H]1c1ccc(OC(=O)c2ccc([N+](=O)[O-])cc2)cc1. The van der Waals surface area contributed by atoms with Crippen molar-refractivity contribution in [2.75, 3.05) is 0 Å². The van der Waals surface area contributed by atoms with Crippen molar-refractivity contribution in [2.24, 2.45) is 5.10 Å². The van der Waals surface area contributed by atoms with E-state index in [4.69, 9.17) is 9.47 Å². The zero-order valence-corrected chi connectivity index (χ0v) is 18.6. The van der Waals surface area contributed by atoms with Gasteiger partial charge in [0.15, 0.2) is 0 Å². The molecule has 10 nitrogen and oxygen atoms in total. The molecule has 0 fully saturated rings. The maximum Gasteiger partial charge on any atom is 0.343 e. The first-order valence-electron chi connectivity index (χ1n) is 9.54. The number of non-ortho nitro benzene ring substituents is 1. The number of carbonyl (C=O) groups excluding carboxylic acids is 2. The zero-order chi connectivity index (χ0) is 23.5. The van der Waals surface area contributed by atoms with Crippen molar-refractivity contribution in [3.05, 3.63) is 98.3 Å². The van der Waals surface area contributed by atoms with Gasteiger partial charge in [0.25, 0.3) is 5.69 Å². The fourth-order valence-corrected chi connectivity index (χ4v) is 3.38. The van der Waals surface area contributed by atoms with Gasteiger partial charge in [-0.15, -0.1) is 5.10 Å². The summed E-state index contributed by atoms with van der Waals surface area (Å²) in [7, 11) is 0. The molecule has 2 heterocycles. The molecular weight excluding hydrogens is 496 g/mol. The number of carbonyl (C=O) groups is 2. The van der Waals surface area contributed by atoms with E-state index >= 15 is 0 Å². The van der Waals surface area contributed by atoms with Crippen LogP contribution < -0.4 is 4.74 Å². The summed E-state index contributed by atoms with van der Waals surface area (Å²) in [5, 5.41) is 16.2. The number of rotatable bonds is 5. The lowest BCUT2D eigenvalue weighted by atomic mass is 10.1. The van der Waals surface area contributed by atoms with Crippen LogP contribution in [-0.2, 0) is 9.53 Å². The highest BCUT2D eigenvalue weighted by Crippen LogP contribution is 2.31. The lowest BCUT2D eigenvalue weighted by Gasteiger charge is -2.19. The molecule has 1 amide bonds. The second kappa shape index (κ2) is 9.17. The van der Waals surface area contributed by atoms with Crippen LogP contribution in [0.4, 0.5) is 5.69 Å². The molecule has 11 heteroatoms. The van der Waals surface area contributed by atoms with E-state index in [1.165, 1.54) is 36.2 Å². The molecule has 0 unspecified atom stereocenters. The molecule has 0 spiro atoms. The minimum absolute atomic E-state index is 0.122. The number of pyridine rings is 1. The Morgan fingerprint density at radius 1 is 1.12 bits per heavy atom. The van der Waals surface area contributed by atoms with Gasteiger partial charge in [-0.3, -0.25) is 19.9 Å². The van der Waals surface area contributed by atoms with Crippen LogP contribution in [0.1, 0.15) is 34.6 Å². The molecule has 1 aliphatic rings. The van der Waals surface area contributed by atoms with Gasteiger partial charge < -0.3 is 9.47 Å². The van der Waals surface area contributed by atoms with Crippen LogP contribution in [0.2, 0.25) is 0 Å². The molecule has 2 aromatic carbocycles. The Bertz CT molecular complexity index is 1260. The van der Waals surface area contributed by atoms with Crippen LogP contribution in [0, 0.1) is 10.1 Å². The number of nitro groups is 1. The standard InChI is InChI=1S/C22H15BrN4O6/c1-13(28)26-21(33-20(25-26)16-10-17(23)12-24-11-16)14-4-8-19(9-5-14)32-22(29)15-2-6-18(7-3-15)27(30)31/h2-12,21H,1H3/t21-/m0/s1. The Morgan fingerprint density at radius 3 is 2.42 bits per heavy atom. The number of esters is 1. The number of aromatic nitrogens is 1. The summed E-state index contributed by atoms with van der Waals surface area (Å²) >= 11 is 3.34. The number of nitro benzene ring substituents is 1. The van der Waals surface area contributed by atoms with Gasteiger partial charge in [0.1, 0.15) is 5.75 Å². The summed E-state index contributed by atoms with van der Waals surface area (Å²) in [6.45, 7) is 1.38. The second-order valence-corrected chi connectivity index (χ2v) is 7.81. The van der Waals surface area contributed by atoms with Crippen molar-refractivity contribution in [3.63, 3.8) is 0 Å². The molecule has 0 aliphatic carbocycles. The third-order valence-electron chi connectivity index (χ3n) is 4.61. The fraction of sp³-hybridized carbons (Fsp3) is 0.0909. The number of ether oxygens (including phenoxy) is 2. The molecule has 0 bridgehead atoms. The van der Waals surface area contributed by atoms with Crippen molar-refractivity contribution in [1.82, 2.24) is 9.99 Å². The molecule has 166 valence electrons. The van der Waals surface area contributed by atoms with Gasteiger partial charge in [0.05, 0.1) is 16.1 Å². The van der Waals surface area contributed by atoms with Gasteiger partial charge >= 0.3 is 5.97 Å². The minimum Gasteiger partial charge on any atom is -0.446 e. The zero-order valence-electron chi connectivity index (χ0n) is 17.0. The number of benzene rings is 2. The molecule has 1 atom stereocenters. The molecule has 0 radical (unpaired) electrons. The number of halogens is 1. The molecule has 3 aromatic rings. The van der Waals surface area contributed by atoms with Crippen LogP contribution in [0.25, 0.3) is 0 Å². The van der Waals surface area contributed by atoms with Crippen molar-refractivity contribution in [2.45, 2.75) is 13.2 Å². The van der Waals surface area contributed by atoms with E-state index in [0.717, 1.165) is 4.47 Å². The van der Waals surface area contributed by atoms with Crippen molar-refractivity contribution in [3.8, 4) is 5.75 Å². The normalized spacial score (nSPS) is 14.9. The number of hydrogen-bond acceptors (Lipinski definition) is 8.